The predicted molar refractivity (Wildman–Crippen MR) is 125 cm³/mol. The number of Topliss-reactive ketones (excluding diaryl/α,β-unsaturated/α-hetero) is 1. The van der Waals surface area contributed by atoms with Gasteiger partial charge in [-0.2, -0.15) is 0 Å². The van der Waals surface area contributed by atoms with E-state index in [1.165, 1.54) is 0 Å². The normalized spacial score (nSPS) is 21.2. The number of benzene rings is 2. The molecule has 2 fully saturated rings. The van der Waals surface area contributed by atoms with Crippen LogP contribution < -0.4 is 4.74 Å². The number of ether oxygens (including phenoxy) is 1. The fourth-order valence-electron chi connectivity index (χ4n) is 5.05. The second kappa shape index (κ2) is 9.19. The Morgan fingerprint density at radius 1 is 1.03 bits per heavy atom. The molecule has 168 valence electrons. The summed E-state index contributed by atoms with van der Waals surface area (Å²) in [6, 6.07) is 12.6. The first-order valence-electron chi connectivity index (χ1n) is 11.5. The van der Waals surface area contributed by atoms with Crippen molar-refractivity contribution >= 4 is 17.4 Å². The molecule has 2 aromatic rings. The van der Waals surface area contributed by atoms with Crippen LogP contribution in [0.4, 0.5) is 0 Å². The summed E-state index contributed by atoms with van der Waals surface area (Å²) in [7, 11) is 0. The quantitative estimate of drug-likeness (QED) is 0.386. The standard InChI is InChI=1S/C27H31NO4/c1-4-32-22-15-14-19(16-18(22)3)25(29)23-24(21-13-9-8-10-17(21)2)28(27(31)26(23)30)20-11-6-5-7-12-20/h8-10,13-16,20,24,29H,4-7,11-12H2,1-3H3/b25-23+. The number of carbonyl (C=O) groups excluding carboxylic acids is 2. The fourth-order valence-corrected chi connectivity index (χ4v) is 5.05. The molecule has 1 amide bonds. The van der Waals surface area contributed by atoms with Gasteiger partial charge in [-0.15, -0.1) is 0 Å². The van der Waals surface area contributed by atoms with E-state index in [4.69, 9.17) is 4.74 Å². The second-order valence-electron chi connectivity index (χ2n) is 8.77. The zero-order valence-electron chi connectivity index (χ0n) is 19.1. The van der Waals surface area contributed by atoms with Gasteiger partial charge in [0.1, 0.15) is 11.5 Å². The summed E-state index contributed by atoms with van der Waals surface area (Å²) in [5.74, 6) is -0.495. The number of likely N-dealkylation sites (tertiary alicyclic amines) is 1. The molecule has 4 rings (SSSR count). The van der Waals surface area contributed by atoms with Gasteiger partial charge in [-0.05, 0) is 68.5 Å². The molecule has 2 aliphatic rings. The molecule has 1 saturated heterocycles. The third-order valence-corrected chi connectivity index (χ3v) is 6.68. The Bertz CT molecular complexity index is 1070. The lowest BCUT2D eigenvalue weighted by molar-refractivity contribution is -0.141. The van der Waals surface area contributed by atoms with Crippen molar-refractivity contribution in [1.29, 1.82) is 0 Å². The van der Waals surface area contributed by atoms with Gasteiger partial charge in [0.2, 0.25) is 0 Å². The highest BCUT2D eigenvalue weighted by atomic mass is 16.5. The maximum Gasteiger partial charge on any atom is 0.295 e. The van der Waals surface area contributed by atoms with Gasteiger partial charge in [-0.1, -0.05) is 43.5 Å². The number of ketones is 1. The maximum absolute atomic E-state index is 13.3. The molecule has 1 aliphatic heterocycles. The van der Waals surface area contributed by atoms with Crippen LogP contribution in [0.1, 0.15) is 67.3 Å². The molecule has 1 unspecified atom stereocenters. The molecule has 0 aromatic heterocycles. The van der Waals surface area contributed by atoms with E-state index >= 15 is 0 Å². The van der Waals surface area contributed by atoms with E-state index in [0.717, 1.165) is 54.5 Å². The van der Waals surface area contributed by atoms with Crippen molar-refractivity contribution in [3.05, 3.63) is 70.3 Å². The van der Waals surface area contributed by atoms with Crippen LogP contribution in [0.15, 0.2) is 48.0 Å². The number of carbonyl (C=O) groups is 2. The molecule has 1 aliphatic carbocycles. The van der Waals surface area contributed by atoms with Crippen molar-refractivity contribution in [1.82, 2.24) is 4.90 Å². The van der Waals surface area contributed by atoms with Gasteiger partial charge in [-0.25, -0.2) is 0 Å². The summed E-state index contributed by atoms with van der Waals surface area (Å²) < 4.78 is 5.61. The minimum atomic E-state index is -0.604. The molecule has 1 atom stereocenters. The number of nitrogens with zero attached hydrogens (tertiary/aromatic N) is 1. The first-order chi connectivity index (χ1) is 15.4. The summed E-state index contributed by atoms with van der Waals surface area (Å²) >= 11 is 0. The van der Waals surface area contributed by atoms with E-state index in [1.54, 1.807) is 17.0 Å². The average Bonchev–Trinajstić information content (AvgIpc) is 3.06. The molecule has 32 heavy (non-hydrogen) atoms. The number of rotatable bonds is 5. The highest BCUT2D eigenvalue weighted by Gasteiger charge is 2.49. The molecule has 1 N–H and O–H groups in total. The predicted octanol–water partition coefficient (Wildman–Crippen LogP) is 5.46. The minimum absolute atomic E-state index is 0.0113. The van der Waals surface area contributed by atoms with Crippen molar-refractivity contribution in [3.63, 3.8) is 0 Å². The molecular weight excluding hydrogens is 402 g/mol. The minimum Gasteiger partial charge on any atom is -0.507 e. The van der Waals surface area contributed by atoms with Crippen LogP contribution in [0.3, 0.4) is 0 Å². The molecule has 0 bridgehead atoms. The van der Waals surface area contributed by atoms with E-state index in [-0.39, 0.29) is 17.4 Å². The number of aliphatic hydroxyl groups excluding tert-OH is 1. The lowest BCUT2D eigenvalue weighted by atomic mass is 9.89. The van der Waals surface area contributed by atoms with Gasteiger partial charge in [0, 0.05) is 11.6 Å². The molecule has 0 radical (unpaired) electrons. The van der Waals surface area contributed by atoms with Gasteiger partial charge in [0.05, 0.1) is 18.2 Å². The second-order valence-corrected chi connectivity index (χ2v) is 8.77. The Balaban J connectivity index is 1.86. The first-order valence-corrected chi connectivity index (χ1v) is 11.5. The third-order valence-electron chi connectivity index (χ3n) is 6.68. The first kappa shape index (κ1) is 22.1. The van der Waals surface area contributed by atoms with E-state index in [2.05, 4.69) is 0 Å². The monoisotopic (exact) mass is 433 g/mol. The number of amides is 1. The Morgan fingerprint density at radius 2 is 1.75 bits per heavy atom. The smallest absolute Gasteiger partial charge is 0.295 e. The number of hydrogen-bond acceptors (Lipinski definition) is 4. The van der Waals surface area contributed by atoms with E-state index in [9.17, 15) is 14.7 Å². The molecule has 0 spiro atoms. The molecular formula is C27H31NO4. The Morgan fingerprint density at radius 3 is 2.41 bits per heavy atom. The maximum atomic E-state index is 13.3. The van der Waals surface area contributed by atoms with Crippen LogP contribution >= 0.6 is 0 Å². The molecule has 1 heterocycles. The van der Waals surface area contributed by atoms with Crippen molar-refractivity contribution in [2.45, 2.75) is 65.0 Å². The largest absolute Gasteiger partial charge is 0.507 e. The Labute approximate surface area is 189 Å². The number of aryl methyl sites for hydroxylation is 2. The summed E-state index contributed by atoms with van der Waals surface area (Å²) in [4.78, 5) is 28.3. The van der Waals surface area contributed by atoms with Crippen LogP contribution in [0.5, 0.6) is 5.75 Å². The molecule has 1 saturated carbocycles. The van der Waals surface area contributed by atoms with Crippen LogP contribution in [0.2, 0.25) is 0 Å². The summed E-state index contributed by atoms with van der Waals surface area (Å²) in [6.45, 7) is 6.35. The van der Waals surface area contributed by atoms with Crippen LogP contribution in [0.25, 0.3) is 5.76 Å². The van der Waals surface area contributed by atoms with Gasteiger partial charge in [0.25, 0.3) is 11.7 Å². The van der Waals surface area contributed by atoms with Gasteiger partial charge in [-0.3, -0.25) is 9.59 Å². The highest BCUT2D eigenvalue weighted by molar-refractivity contribution is 6.46. The van der Waals surface area contributed by atoms with E-state index in [1.807, 2.05) is 51.1 Å². The zero-order valence-corrected chi connectivity index (χ0v) is 19.1. The third kappa shape index (κ3) is 3.92. The summed E-state index contributed by atoms with van der Waals surface area (Å²) in [6.07, 6.45) is 5.02. The van der Waals surface area contributed by atoms with Crippen molar-refractivity contribution in [2.24, 2.45) is 0 Å². The van der Waals surface area contributed by atoms with Crippen LogP contribution in [-0.4, -0.2) is 34.3 Å². The van der Waals surface area contributed by atoms with Gasteiger partial charge in [0.15, 0.2) is 0 Å². The lowest BCUT2D eigenvalue weighted by Gasteiger charge is -2.36. The zero-order chi connectivity index (χ0) is 22.8. The van der Waals surface area contributed by atoms with Crippen LogP contribution in [0, 0.1) is 13.8 Å². The van der Waals surface area contributed by atoms with Crippen molar-refractivity contribution < 1.29 is 19.4 Å². The summed E-state index contributed by atoms with van der Waals surface area (Å²) in [5, 5.41) is 11.3. The Kier molecular flexibility index (Phi) is 6.35. The van der Waals surface area contributed by atoms with E-state index < -0.39 is 17.7 Å². The summed E-state index contributed by atoms with van der Waals surface area (Å²) in [5.41, 5.74) is 3.45. The average molecular weight is 434 g/mol. The fraction of sp³-hybridized carbons (Fsp3) is 0.407. The lowest BCUT2D eigenvalue weighted by Crippen LogP contribution is -2.40. The van der Waals surface area contributed by atoms with Crippen LogP contribution in [-0.2, 0) is 9.59 Å². The Hall–Kier alpha value is -3.08. The highest BCUT2D eigenvalue weighted by Crippen LogP contribution is 2.44. The number of hydrogen-bond donors (Lipinski definition) is 1. The van der Waals surface area contributed by atoms with Gasteiger partial charge < -0.3 is 14.7 Å². The van der Waals surface area contributed by atoms with Gasteiger partial charge >= 0.3 is 0 Å². The van der Waals surface area contributed by atoms with Crippen molar-refractivity contribution in [3.8, 4) is 5.75 Å². The topological polar surface area (TPSA) is 66.8 Å². The van der Waals surface area contributed by atoms with Crippen molar-refractivity contribution in [2.75, 3.05) is 6.61 Å². The molecule has 2 aromatic carbocycles. The molecule has 5 nitrogen and oxygen atoms in total. The SMILES string of the molecule is CCOc1ccc(/C(O)=C2\C(=O)C(=O)N(C3CCCCC3)C2c2ccccc2C)cc1C. The number of aliphatic hydroxyl groups is 1. The van der Waals surface area contributed by atoms with E-state index in [0.29, 0.717) is 12.2 Å². The molecule has 5 heteroatoms.